The van der Waals surface area contributed by atoms with Crippen LogP contribution >= 0.6 is 11.8 Å². The second-order valence-corrected chi connectivity index (χ2v) is 5.86. The number of aromatic nitrogens is 2. The fourth-order valence-corrected chi connectivity index (χ4v) is 2.88. The van der Waals surface area contributed by atoms with Crippen LogP contribution < -0.4 is 5.32 Å². The lowest BCUT2D eigenvalue weighted by molar-refractivity contribution is 0.666. The van der Waals surface area contributed by atoms with Gasteiger partial charge in [0.2, 0.25) is 5.95 Å². The molecule has 2 rings (SSSR count). The molecule has 1 saturated carbocycles. The maximum Gasteiger partial charge on any atom is 0.203 e. The summed E-state index contributed by atoms with van der Waals surface area (Å²) in [5.74, 6) is 2.30. The van der Waals surface area contributed by atoms with Crippen LogP contribution in [0.15, 0.2) is 6.20 Å². The van der Waals surface area contributed by atoms with E-state index in [1.165, 1.54) is 37.9 Å². The van der Waals surface area contributed by atoms with Crippen LogP contribution in [-0.4, -0.2) is 27.6 Å². The summed E-state index contributed by atoms with van der Waals surface area (Å²) in [5, 5.41) is 3.60. The largest absolute Gasteiger partial charge is 0.353 e. The molecule has 17 heavy (non-hydrogen) atoms. The van der Waals surface area contributed by atoms with Crippen molar-refractivity contribution >= 4 is 17.7 Å². The Balaban J connectivity index is 1.94. The van der Waals surface area contributed by atoms with Gasteiger partial charge >= 0.3 is 0 Å². The van der Waals surface area contributed by atoms with Crippen LogP contribution in [0, 0.1) is 6.92 Å². The lowest BCUT2D eigenvalue weighted by Crippen LogP contribution is -2.18. The lowest BCUT2D eigenvalue weighted by Gasteiger charge is -2.14. The van der Waals surface area contributed by atoms with Crippen LogP contribution in [0.3, 0.4) is 0 Å². The Morgan fingerprint density at radius 3 is 2.94 bits per heavy atom. The third-order valence-electron chi connectivity index (χ3n) is 3.33. The molecule has 0 radical (unpaired) electrons. The van der Waals surface area contributed by atoms with Crippen molar-refractivity contribution in [1.82, 2.24) is 9.55 Å². The Labute approximate surface area is 108 Å². The number of aryl methyl sites for hydroxylation is 2. The Bertz CT molecular complexity index is 342. The van der Waals surface area contributed by atoms with E-state index in [4.69, 9.17) is 0 Å². The van der Waals surface area contributed by atoms with Crippen LogP contribution in [0.2, 0.25) is 0 Å². The van der Waals surface area contributed by atoms with Crippen molar-refractivity contribution in [3.05, 3.63) is 11.9 Å². The number of hydrogen-bond acceptors (Lipinski definition) is 3. The minimum atomic E-state index is 0.649. The van der Waals surface area contributed by atoms with Gasteiger partial charge in [0.05, 0.1) is 5.69 Å². The quantitative estimate of drug-likeness (QED) is 0.789. The molecule has 0 saturated heterocycles. The number of nitrogens with one attached hydrogen (secondary N) is 1. The first-order valence-electron chi connectivity index (χ1n) is 6.59. The summed E-state index contributed by atoms with van der Waals surface area (Å²) in [6.07, 6.45) is 10.9. The predicted octanol–water partition coefficient (Wildman–Crippen LogP) is 3.30. The van der Waals surface area contributed by atoms with E-state index < -0.39 is 0 Å². The molecule has 4 heteroatoms. The zero-order chi connectivity index (χ0) is 12.1. The van der Waals surface area contributed by atoms with Crippen LogP contribution in [-0.2, 0) is 6.54 Å². The standard InChI is InChI=1S/C13H23N3S/c1-11-10-16(8-5-9-17-2)13(14-11)15-12-6-3-4-7-12/h10,12H,3-9H2,1-2H3,(H,14,15). The van der Waals surface area contributed by atoms with Gasteiger partial charge in [0, 0.05) is 18.8 Å². The van der Waals surface area contributed by atoms with Crippen LogP contribution in [0.1, 0.15) is 37.8 Å². The smallest absolute Gasteiger partial charge is 0.203 e. The van der Waals surface area contributed by atoms with Crippen molar-refractivity contribution in [1.29, 1.82) is 0 Å². The molecule has 1 aliphatic carbocycles. The molecule has 0 aliphatic heterocycles. The van der Waals surface area contributed by atoms with E-state index in [0.29, 0.717) is 6.04 Å². The molecular weight excluding hydrogens is 230 g/mol. The first kappa shape index (κ1) is 12.8. The molecule has 0 spiro atoms. The molecule has 0 bridgehead atoms. The van der Waals surface area contributed by atoms with Crippen LogP contribution in [0.4, 0.5) is 5.95 Å². The first-order valence-corrected chi connectivity index (χ1v) is 7.98. The normalized spacial score (nSPS) is 16.6. The summed E-state index contributed by atoms with van der Waals surface area (Å²) < 4.78 is 2.28. The SMILES string of the molecule is CSCCCn1cc(C)nc1NC1CCCC1. The van der Waals surface area contributed by atoms with E-state index in [1.54, 1.807) is 0 Å². The highest BCUT2D eigenvalue weighted by Crippen LogP contribution is 2.22. The Kier molecular flexibility index (Phi) is 4.77. The average molecular weight is 253 g/mol. The van der Waals surface area contributed by atoms with Crippen molar-refractivity contribution in [2.75, 3.05) is 17.3 Å². The van der Waals surface area contributed by atoms with Crippen molar-refractivity contribution in [2.24, 2.45) is 0 Å². The molecule has 96 valence electrons. The molecule has 1 aliphatic rings. The molecule has 3 nitrogen and oxygen atoms in total. The maximum atomic E-state index is 4.60. The molecule has 1 fully saturated rings. The second kappa shape index (κ2) is 6.34. The van der Waals surface area contributed by atoms with E-state index >= 15 is 0 Å². The molecule has 1 N–H and O–H groups in total. The summed E-state index contributed by atoms with van der Waals surface area (Å²) in [5.41, 5.74) is 1.12. The maximum absolute atomic E-state index is 4.60. The minimum Gasteiger partial charge on any atom is -0.353 e. The van der Waals surface area contributed by atoms with Gasteiger partial charge in [0.15, 0.2) is 0 Å². The van der Waals surface area contributed by atoms with Crippen molar-refractivity contribution in [3.8, 4) is 0 Å². The zero-order valence-electron chi connectivity index (χ0n) is 10.9. The number of anilines is 1. The molecule has 0 aromatic carbocycles. The third kappa shape index (κ3) is 3.66. The Morgan fingerprint density at radius 2 is 2.24 bits per heavy atom. The van der Waals surface area contributed by atoms with E-state index in [-0.39, 0.29) is 0 Å². The van der Waals surface area contributed by atoms with Crippen LogP contribution in [0.5, 0.6) is 0 Å². The monoisotopic (exact) mass is 253 g/mol. The number of nitrogens with zero attached hydrogens (tertiary/aromatic N) is 2. The van der Waals surface area contributed by atoms with Gasteiger partial charge in [-0.1, -0.05) is 12.8 Å². The zero-order valence-corrected chi connectivity index (χ0v) is 11.7. The summed E-state index contributed by atoms with van der Waals surface area (Å²) in [4.78, 5) is 4.60. The second-order valence-electron chi connectivity index (χ2n) is 4.87. The van der Waals surface area contributed by atoms with E-state index in [0.717, 1.165) is 18.2 Å². The number of imidazole rings is 1. The molecule has 1 aromatic rings. The Morgan fingerprint density at radius 1 is 1.47 bits per heavy atom. The van der Waals surface area contributed by atoms with Gasteiger partial charge in [-0.3, -0.25) is 0 Å². The summed E-state index contributed by atoms with van der Waals surface area (Å²) in [6.45, 7) is 3.15. The number of hydrogen-bond donors (Lipinski definition) is 1. The molecule has 0 unspecified atom stereocenters. The summed E-state index contributed by atoms with van der Waals surface area (Å²) >= 11 is 1.91. The summed E-state index contributed by atoms with van der Waals surface area (Å²) in [7, 11) is 0. The highest BCUT2D eigenvalue weighted by molar-refractivity contribution is 7.98. The van der Waals surface area contributed by atoms with E-state index in [1.807, 2.05) is 11.8 Å². The first-order chi connectivity index (χ1) is 8.29. The highest BCUT2D eigenvalue weighted by Gasteiger charge is 2.16. The third-order valence-corrected chi connectivity index (χ3v) is 4.03. The molecule has 1 aromatic heterocycles. The van der Waals surface area contributed by atoms with Crippen molar-refractivity contribution in [2.45, 2.75) is 51.6 Å². The summed E-state index contributed by atoms with van der Waals surface area (Å²) in [6, 6.07) is 0.649. The van der Waals surface area contributed by atoms with Gasteiger partial charge in [-0.05, 0) is 38.2 Å². The van der Waals surface area contributed by atoms with Gasteiger partial charge in [-0.15, -0.1) is 0 Å². The van der Waals surface area contributed by atoms with Crippen molar-refractivity contribution in [3.63, 3.8) is 0 Å². The predicted molar refractivity (Wildman–Crippen MR) is 75.8 cm³/mol. The van der Waals surface area contributed by atoms with Crippen molar-refractivity contribution < 1.29 is 0 Å². The lowest BCUT2D eigenvalue weighted by atomic mass is 10.2. The van der Waals surface area contributed by atoms with Gasteiger partial charge < -0.3 is 9.88 Å². The van der Waals surface area contributed by atoms with Gasteiger partial charge in [-0.25, -0.2) is 4.98 Å². The minimum absolute atomic E-state index is 0.649. The fraction of sp³-hybridized carbons (Fsp3) is 0.769. The highest BCUT2D eigenvalue weighted by atomic mass is 32.2. The van der Waals surface area contributed by atoms with Gasteiger partial charge in [0.1, 0.15) is 0 Å². The Hall–Kier alpha value is -0.640. The topological polar surface area (TPSA) is 29.9 Å². The number of thioether (sulfide) groups is 1. The molecule has 1 heterocycles. The van der Waals surface area contributed by atoms with Crippen LogP contribution in [0.25, 0.3) is 0 Å². The fourth-order valence-electron chi connectivity index (χ4n) is 2.46. The van der Waals surface area contributed by atoms with Gasteiger partial charge in [-0.2, -0.15) is 11.8 Å². The van der Waals surface area contributed by atoms with E-state index in [9.17, 15) is 0 Å². The molecule has 0 atom stereocenters. The van der Waals surface area contributed by atoms with E-state index in [2.05, 4.69) is 34.2 Å². The number of rotatable bonds is 6. The van der Waals surface area contributed by atoms with Gasteiger partial charge in [0.25, 0.3) is 0 Å². The molecular formula is C13H23N3S. The molecule has 0 amide bonds. The average Bonchev–Trinajstić information content (AvgIpc) is 2.90.